The van der Waals surface area contributed by atoms with Crippen molar-refractivity contribution in [2.75, 3.05) is 0 Å². The molecule has 2 aromatic rings. The summed E-state index contributed by atoms with van der Waals surface area (Å²) in [6.07, 6.45) is 0. The first-order chi connectivity index (χ1) is 6.68. The second-order valence-electron chi connectivity index (χ2n) is 2.74. The Kier molecular flexibility index (Phi) is 1.99. The number of hydrogen-bond acceptors (Lipinski definition) is 3. The molecule has 0 radical (unpaired) electrons. The van der Waals surface area contributed by atoms with E-state index >= 15 is 0 Å². The third-order valence-corrected chi connectivity index (χ3v) is 1.72. The van der Waals surface area contributed by atoms with E-state index in [1.165, 1.54) is 12.1 Å². The molecule has 0 aliphatic rings. The molecule has 0 amide bonds. The lowest BCUT2D eigenvalue weighted by molar-refractivity contribution is 0.394. The molecular formula is C9H6F2N2O. The van der Waals surface area contributed by atoms with Crippen LogP contribution in [0.1, 0.15) is 5.89 Å². The fourth-order valence-corrected chi connectivity index (χ4v) is 1.09. The average molecular weight is 196 g/mol. The van der Waals surface area contributed by atoms with E-state index in [0.717, 1.165) is 6.07 Å². The number of rotatable bonds is 1. The Morgan fingerprint density at radius 2 is 2.07 bits per heavy atom. The molecule has 0 spiro atoms. The summed E-state index contributed by atoms with van der Waals surface area (Å²) >= 11 is 0. The normalized spacial score (nSPS) is 10.5. The van der Waals surface area contributed by atoms with Crippen molar-refractivity contribution in [2.45, 2.75) is 6.92 Å². The van der Waals surface area contributed by atoms with Crippen molar-refractivity contribution in [3.05, 3.63) is 35.7 Å². The van der Waals surface area contributed by atoms with Gasteiger partial charge < -0.3 is 4.52 Å². The molecule has 1 heterocycles. The van der Waals surface area contributed by atoms with Gasteiger partial charge in [0, 0.05) is 6.92 Å². The van der Waals surface area contributed by atoms with Crippen molar-refractivity contribution in [3.63, 3.8) is 0 Å². The Hall–Kier alpha value is -1.78. The van der Waals surface area contributed by atoms with Crippen molar-refractivity contribution in [1.29, 1.82) is 0 Å². The van der Waals surface area contributed by atoms with Gasteiger partial charge in [-0.15, -0.1) is 0 Å². The van der Waals surface area contributed by atoms with Gasteiger partial charge in [0.05, 0.1) is 5.56 Å². The lowest BCUT2D eigenvalue weighted by atomic mass is 10.2. The molecule has 0 fully saturated rings. The summed E-state index contributed by atoms with van der Waals surface area (Å²) in [6.45, 7) is 1.58. The summed E-state index contributed by atoms with van der Waals surface area (Å²) < 4.78 is 30.7. The summed E-state index contributed by atoms with van der Waals surface area (Å²) in [7, 11) is 0. The summed E-state index contributed by atoms with van der Waals surface area (Å²) in [5.74, 6) is -1.53. The van der Waals surface area contributed by atoms with Gasteiger partial charge in [0.25, 0.3) is 0 Å². The van der Waals surface area contributed by atoms with Crippen LogP contribution in [0.25, 0.3) is 11.4 Å². The van der Waals surface area contributed by atoms with Crippen molar-refractivity contribution < 1.29 is 13.3 Å². The van der Waals surface area contributed by atoms with Gasteiger partial charge in [0.15, 0.2) is 11.6 Å². The number of aryl methyl sites for hydroxylation is 1. The Morgan fingerprint density at radius 1 is 1.29 bits per heavy atom. The minimum absolute atomic E-state index is 0.00171. The van der Waals surface area contributed by atoms with Crippen LogP contribution < -0.4 is 0 Å². The molecular weight excluding hydrogens is 190 g/mol. The van der Waals surface area contributed by atoms with Crippen LogP contribution >= 0.6 is 0 Å². The molecule has 14 heavy (non-hydrogen) atoms. The molecule has 0 N–H and O–H groups in total. The van der Waals surface area contributed by atoms with Crippen molar-refractivity contribution in [2.24, 2.45) is 0 Å². The van der Waals surface area contributed by atoms with Crippen LogP contribution in [-0.4, -0.2) is 10.1 Å². The highest BCUT2D eigenvalue weighted by molar-refractivity contribution is 5.55. The lowest BCUT2D eigenvalue weighted by Crippen LogP contribution is -1.90. The lowest BCUT2D eigenvalue weighted by Gasteiger charge is -1.96. The molecule has 0 aliphatic heterocycles. The molecule has 3 nitrogen and oxygen atoms in total. The smallest absolute Gasteiger partial charge is 0.223 e. The summed E-state index contributed by atoms with van der Waals surface area (Å²) in [5.41, 5.74) is 0.00171. The highest BCUT2D eigenvalue weighted by atomic mass is 19.2. The van der Waals surface area contributed by atoms with Gasteiger partial charge in [-0.1, -0.05) is 11.2 Å². The summed E-state index contributed by atoms with van der Waals surface area (Å²) in [5, 5.41) is 3.50. The molecule has 0 aliphatic carbocycles. The minimum Gasteiger partial charge on any atom is -0.339 e. The molecule has 0 unspecified atom stereocenters. The average Bonchev–Trinajstić information content (AvgIpc) is 2.57. The first-order valence-electron chi connectivity index (χ1n) is 3.93. The van der Waals surface area contributed by atoms with E-state index in [0.29, 0.717) is 5.89 Å². The summed E-state index contributed by atoms with van der Waals surface area (Å²) in [4.78, 5) is 3.80. The SMILES string of the molecule is Cc1nc(-c2cccc(F)c2F)no1. The molecule has 0 bridgehead atoms. The van der Waals surface area contributed by atoms with Gasteiger partial charge in [-0.2, -0.15) is 4.98 Å². The van der Waals surface area contributed by atoms with Crippen molar-refractivity contribution >= 4 is 0 Å². The van der Waals surface area contributed by atoms with Crippen LogP contribution in [0.2, 0.25) is 0 Å². The maximum Gasteiger partial charge on any atom is 0.223 e. The van der Waals surface area contributed by atoms with Crippen molar-refractivity contribution in [3.8, 4) is 11.4 Å². The van der Waals surface area contributed by atoms with Crippen LogP contribution in [0.3, 0.4) is 0 Å². The van der Waals surface area contributed by atoms with Crippen LogP contribution in [0.4, 0.5) is 8.78 Å². The second kappa shape index (κ2) is 3.17. The van der Waals surface area contributed by atoms with Crippen LogP contribution in [0, 0.1) is 18.6 Å². The van der Waals surface area contributed by atoms with Crippen LogP contribution in [0.15, 0.2) is 22.7 Å². The summed E-state index contributed by atoms with van der Waals surface area (Å²) in [6, 6.07) is 3.81. The molecule has 1 aromatic heterocycles. The molecule has 0 saturated carbocycles. The quantitative estimate of drug-likeness (QED) is 0.702. The van der Waals surface area contributed by atoms with Gasteiger partial charge in [-0.25, -0.2) is 8.78 Å². The Labute approximate surface area is 78.4 Å². The van der Waals surface area contributed by atoms with E-state index < -0.39 is 11.6 Å². The number of nitrogens with zero attached hydrogens (tertiary/aromatic N) is 2. The highest BCUT2D eigenvalue weighted by Gasteiger charge is 2.13. The Bertz CT molecular complexity index is 468. The monoisotopic (exact) mass is 196 g/mol. The molecule has 1 aromatic carbocycles. The predicted molar refractivity (Wildman–Crippen MR) is 44.4 cm³/mol. The minimum atomic E-state index is -0.965. The molecule has 2 rings (SSSR count). The molecule has 0 atom stereocenters. The zero-order chi connectivity index (χ0) is 10.1. The number of hydrogen-bond donors (Lipinski definition) is 0. The third kappa shape index (κ3) is 1.37. The molecule has 5 heteroatoms. The van der Waals surface area contributed by atoms with E-state index in [1.54, 1.807) is 6.92 Å². The van der Waals surface area contributed by atoms with E-state index in [4.69, 9.17) is 0 Å². The third-order valence-electron chi connectivity index (χ3n) is 1.72. The topological polar surface area (TPSA) is 38.9 Å². The number of aromatic nitrogens is 2. The second-order valence-corrected chi connectivity index (χ2v) is 2.74. The molecule has 0 saturated heterocycles. The Balaban J connectivity index is 2.57. The van der Waals surface area contributed by atoms with Gasteiger partial charge in [-0.3, -0.25) is 0 Å². The first-order valence-corrected chi connectivity index (χ1v) is 3.93. The van der Waals surface area contributed by atoms with Crippen molar-refractivity contribution in [1.82, 2.24) is 10.1 Å². The fraction of sp³-hybridized carbons (Fsp3) is 0.111. The number of halogens is 2. The van der Waals surface area contributed by atoms with Gasteiger partial charge in [0.2, 0.25) is 11.7 Å². The van der Waals surface area contributed by atoms with Gasteiger partial charge >= 0.3 is 0 Å². The van der Waals surface area contributed by atoms with E-state index in [2.05, 4.69) is 14.7 Å². The zero-order valence-electron chi connectivity index (χ0n) is 7.29. The maximum absolute atomic E-state index is 13.2. The van der Waals surface area contributed by atoms with E-state index in [-0.39, 0.29) is 11.4 Å². The Morgan fingerprint density at radius 3 is 2.71 bits per heavy atom. The van der Waals surface area contributed by atoms with E-state index in [1.807, 2.05) is 0 Å². The van der Waals surface area contributed by atoms with Crippen LogP contribution in [-0.2, 0) is 0 Å². The number of benzene rings is 1. The van der Waals surface area contributed by atoms with E-state index in [9.17, 15) is 8.78 Å². The molecule has 72 valence electrons. The fourth-order valence-electron chi connectivity index (χ4n) is 1.09. The standard InChI is InChI=1S/C9H6F2N2O/c1-5-12-9(13-14-5)6-3-2-4-7(10)8(6)11/h2-4H,1H3. The van der Waals surface area contributed by atoms with Gasteiger partial charge in [-0.05, 0) is 12.1 Å². The van der Waals surface area contributed by atoms with Crippen LogP contribution in [0.5, 0.6) is 0 Å². The van der Waals surface area contributed by atoms with Gasteiger partial charge in [0.1, 0.15) is 0 Å². The highest BCUT2D eigenvalue weighted by Crippen LogP contribution is 2.21. The maximum atomic E-state index is 13.2. The predicted octanol–water partition coefficient (Wildman–Crippen LogP) is 2.32. The first kappa shape index (κ1) is 8.80. The zero-order valence-corrected chi connectivity index (χ0v) is 7.29. The largest absolute Gasteiger partial charge is 0.339 e.